The molecule has 2 aromatic rings. The Hall–Kier alpha value is -0.430. The Morgan fingerprint density at radius 1 is 1.20 bits per heavy atom. The summed E-state index contributed by atoms with van der Waals surface area (Å²) in [6, 6.07) is 11.5. The first kappa shape index (κ1) is 20.9. The first-order valence-electron chi connectivity index (χ1n) is 7.22. The van der Waals surface area contributed by atoms with Gasteiger partial charge in [-0.15, -0.1) is 11.8 Å². The van der Waals surface area contributed by atoms with Crippen LogP contribution in [-0.2, 0) is 16.6 Å². The molecule has 0 aliphatic carbocycles. The number of hydrogen-bond donors (Lipinski definition) is 2. The molecule has 0 saturated heterocycles. The van der Waals surface area contributed by atoms with Crippen LogP contribution in [0.3, 0.4) is 0 Å². The standard InChI is InChI=1S/C16H15BrClF2O3PS/c17-15-9-11(6-7-14(15)16(19,20)24(21,22)23)3-2-8-25-13-5-1-4-12(18)10-13/h1,4-7,9-10H,2-3,8H2,(H2,21,22,23). The Labute approximate surface area is 162 Å². The molecule has 0 aliphatic rings. The van der Waals surface area contributed by atoms with Gasteiger partial charge in [0.25, 0.3) is 0 Å². The second kappa shape index (κ2) is 8.51. The van der Waals surface area contributed by atoms with Crippen molar-refractivity contribution in [3.8, 4) is 0 Å². The summed E-state index contributed by atoms with van der Waals surface area (Å²) in [6.45, 7) is 0. The molecule has 0 heterocycles. The van der Waals surface area contributed by atoms with Gasteiger partial charge in [0.15, 0.2) is 0 Å². The lowest BCUT2D eigenvalue weighted by molar-refractivity contribution is 0.0557. The zero-order chi connectivity index (χ0) is 18.7. The lowest BCUT2D eigenvalue weighted by Crippen LogP contribution is -2.14. The van der Waals surface area contributed by atoms with E-state index in [1.165, 1.54) is 12.1 Å². The van der Waals surface area contributed by atoms with Crippen molar-refractivity contribution >= 4 is 46.9 Å². The van der Waals surface area contributed by atoms with Crippen LogP contribution in [0.15, 0.2) is 51.8 Å². The normalized spacial score (nSPS) is 12.4. The molecule has 0 radical (unpaired) electrons. The van der Waals surface area contributed by atoms with Crippen LogP contribution < -0.4 is 0 Å². The van der Waals surface area contributed by atoms with E-state index in [1.807, 2.05) is 18.2 Å². The second-order valence-corrected chi connectivity index (χ2v) is 9.42. The lowest BCUT2D eigenvalue weighted by Gasteiger charge is -2.19. The molecule has 0 fully saturated rings. The molecule has 2 N–H and O–H groups in total. The fraction of sp³-hybridized carbons (Fsp3) is 0.250. The van der Waals surface area contributed by atoms with E-state index >= 15 is 0 Å². The summed E-state index contributed by atoms with van der Waals surface area (Å²) < 4.78 is 38.5. The molecule has 0 aliphatic heterocycles. The average molecular weight is 472 g/mol. The third kappa shape index (κ3) is 5.52. The minimum absolute atomic E-state index is 0.0131. The summed E-state index contributed by atoms with van der Waals surface area (Å²) >= 11 is 10.6. The molecule has 0 aromatic heterocycles. The average Bonchev–Trinajstić information content (AvgIpc) is 2.50. The van der Waals surface area contributed by atoms with Gasteiger partial charge >= 0.3 is 13.3 Å². The third-order valence-corrected chi connectivity index (χ3v) is 6.34. The van der Waals surface area contributed by atoms with E-state index in [0.717, 1.165) is 28.7 Å². The molecule has 2 aromatic carbocycles. The number of thioether (sulfide) groups is 1. The van der Waals surface area contributed by atoms with Crippen LogP contribution in [0.4, 0.5) is 8.78 Å². The van der Waals surface area contributed by atoms with Gasteiger partial charge in [-0.25, -0.2) is 0 Å². The fourth-order valence-corrected chi connectivity index (χ4v) is 4.64. The summed E-state index contributed by atoms with van der Waals surface area (Å²) in [7, 11) is -5.57. The first-order valence-corrected chi connectivity index (χ1v) is 11.0. The maximum Gasteiger partial charge on any atom is 0.399 e. The topological polar surface area (TPSA) is 57.5 Å². The maximum atomic E-state index is 13.8. The molecular weight excluding hydrogens is 457 g/mol. The Balaban J connectivity index is 1.96. The number of alkyl halides is 2. The predicted molar refractivity (Wildman–Crippen MR) is 101 cm³/mol. The van der Waals surface area contributed by atoms with E-state index in [2.05, 4.69) is 15.9 Å². The van der Waals surface area contributed by atoms with Crippen molar-refractivity contribution in [2.75, 3.05) is 5.75 Å². The zero-order valence-electron chi connectivity index (χ0n) is 12.8. The zero-order valence-corrected chi connectivity index (χ0v) is 16.9. The van der Waals surface area contributed by atoms with Gasteiger partial charge < -0.3 is 9.79 Å². The Kier molecular flexibility index (Phi) is 7.10. The van der Waals surface area contributed by atoms with Crippen LogP contribution in [0.1, 0.15) is 17.5 Å². The van der Waals surface area contributed by atoms with Crippen molar-refractivity contribution in [1.29, 1.82) is 0 Å². The van der Waals surface area contributed by atoms with Gasteiger partial charge in [0.1, 0.15) is 0 Å². The van der Waals surface area contributed by atoms with Crippen LogP contribution in [0.5, 0.6) is 0 Å². The van der Waals surface area contributed by atoms with Gasteiger partial charge in [-0.2, -0.15) is 8.78 Å². The van der Waals surface area contributed by atoms with Gasteiger partial charge in [0.05, 0.1) is 0 Å². The van der Waals surface area contributed by atoms with E-state index in [0.29, 0.717) is 11.4 Å². The molecule has 25 heavy (non-hydrogen) atoms. The van der Waals surface area contributed by atoms with E-state index in [1.54, 1.807) is 17.8 Å². The number of aryl methyl sites for hydroxylation is 1. The van der Waals surface area contributed by atoms with Crippen molar-refractivity contribution in [2.45, 2.75) is 23.4 Å². The summed E-state index contributed by atoms with van der Waals surface area (Å²) in [4.78, 5) is 18.7. The monoisotopic (exact) mass is 470 g/mol. The van der Waals surface area contributed by atoms with Crippen LogP contribution in [-0.4, -0.2) is 15.5 Å². The highest BCUT2D eigenvalue weighted by Gasteiger charge is 2.51. The third-order valence-electron chi connectivity index (χ3n) is 3.40. The molecule has 2 rings (SSSR count). The number of halogens is 4. The second-order valence-electron chi connectivity index (χ2n) is 5.31. The molecular formula is C16H15BrClF2O3PS. The van der Waals surface area contributed by atoms with E-state index in [9.17, 15) is 13.3 Å². The van der Waals surface area contributed by atoms with Crippen LogP contribution >= 0.6 is 46.9 Å². The highest BCUT2D eigenvalue weighted by atomic mass is 79.9. The highest BCUT2D eigenvalue weighted by molar-refractivity contribution is 9.10. The predicted octanol–water partition coefficient (Wildman–Crippen LogP) is 6.05. The molecule has 0 atom stereocenters. The Bertz CT molecular complexity index is 801. The molecule has 0 spiro atoms. The molecule has 3 nitrogen and oxygen atoms in total. The summed E-state index contributed by atoms with van der Waals surface area (Å²) in [6.07, 6.45) is 1.48. The van der Waals surface area contributed by atoms with Crippen LogP contribution in [0, 0.1) is 0 Å². The summed E-state index contributed by atoms with van der Waals surface area (Å²) in [5.74, 6) is 0.832. The Morgan fingerprint density at radius 2 is 1.92 bits per heavy atom. The lowest BCUT2D eigenvalue weighted by atomic mass is 10.1. The Morgan fingerprint density at radius 3 is 2.52 bits per heavy atom. The fourth-order valence-electron chi connectivity index (χ4n) is 2.14. The van der Waals surface area contributed by atoms with Crippen molar-refractivity contribution in [3.05, 3.63) is 63.1 Å². The number of hydrogen-bond acceptors (Lipinski definition) is 2. The van der Waals surface area contributed by atoms with Gasteiger partial charge in [0, 0.05) is 20.0 Å². The van der Waals surface area contributed by atoms with Crippen LogP contribution in [0.25, 0.3) is 0 Å². The molecule has 9 heteroatoms. The van der Waals surface area contributed by atoms with E-state index < -0.39 is 18.8 Å². The van der Waals surface area contributed by atoms with Gasteiger partial charge in [-0.05, 0) is 48.4 Å². The first-order chi connectivity index (χ1) is 11.6. The minimum atomic E-state index is -5.57. The summed E-state index contributed by atoms with van der Waals surface area (Å²) in [5.41, 5.74) is -4.12. The smallest absolute Gasteiger partial charge is 0.320 e. The SMILES string of the molecule is O=P(O)(O)C(F)(F)c1ccc(CCCSc2cccc(Cl)c2)cc1Br. The van der Waals surface area contributed by atoms with E-state index in [4.69, 9.17) is 21.4 Å². The van der Waals surface area contributed by atoms with Crippen LogP contribution in [0.2, 0.25) is 5.02 Å². The van der Waals surface area contributed by atoms with Crippen molar-refractivity contribution in [3.63, 3.8) is 0 Å². The van der Waals surface area contributed by atoms with Gasteiger partial charge in [-0.3, -0.25) is 4.57 Å². The number of benzene rings is 2. The van der Waals surface area contributed by atoms with E-state index in [-0.39, 0.29) is 4.47 Å². The molecule has 0 saturated carbocycles. The summed E-state index contributed by atoms with van der Waals surface area (Å²) in [5, 5.41) is 0.676. The maximum absolute atomic E-state index is 13.8. The largest absolute Gasteiger partial charge is 0.399 e. The quantitative estimate of drug-likeness (QED) is 0.293. The van der Waals surface area contributed by atoms with Crippen molar-refractivity contribution in [2.24, 2.45) is 0 Å². The molecule has 0 unspecified atom stereocenters. The molecule has 0 bridgehead atoms. The van der Waals surface area contributed by atoms with Crippen molar-refractivity contribution < 1.29 is 23.1 Å². The number of rotatable bonds is 7. The minimum Gasteiger partial charge on any atom is -0.320 e. The molecule has 0 amide bonds. The van der Waals surface area contributed by atoms with Gasteiger partial charge in [-0.1, -0.05) is 45.7 Å². The molecule has 136 valence electrons. The highest BCUT2D eigenvalue weighted by Crippen LogP contribution is 2.60. The van der Waals surface area contributed by atoms with Crippen molar-refractivity contribution in [1.82, 2.24) is 0 Å². The van der Waals surface area contributed by atoms with Gasteiger partial charge in [0.2, 0.25) is 0 Å².